The molecule has 0 amide bonds. The van der Waals surface area contributed by atoms with Gasteiger partial charge >= 0.3 is 0 Å². The monoisotopic (exact) mass is 347 g/mol. The quantitative estimate of drug-likeness (QED) is 0.789. The molecule has 2 atom stereocenters. The fraction of sp³-hybridized carbons (Fsp3) is 0.600. The predicted molar refractivity (Wildman–Crippen MR) is 75.7 cm³/mol. The highest BCUT2D eigenvalue weighted by Crippen LogP contribution is 2.38. The Morgan fingerprint density at radius 3 is 2.63 bits per heavy atom. The molecule has 0 aromatic heterocycles. The first-order valence-corrected chi connectivity index (χ1v) is 7.12. The Bertz CT molecular complexity index is 436. The number of benzene rings is 1. The number of hydrogen-bond acceptors (Lipinski definition) is 1. The van der Waals surface area contributed by atoms with Crippen LogP contribution in [0, 0.1) is 0 Å². The molecule has 0 aliphatic heterocycles. The molecule has 0 saturated carbocycles. The lowest BCUT2D eigenvalue weighted by Crippen LogP contribution is -3.12. The number of rotatable bonds is 3. The highest BCUT2D eigenvalue weighted by Gasteiger charge is 2.32. The van der Waals surface area contributed by atoms with Gasteiger partial charge in [0, 0.05) is 17.5 Å². The topological polar surface area (TPSA) is 13.7 Å². The van der Waals surface area contributed by atoms with Gasteiger partial charge in [-0.15, -0.1) is 0 Å². The first-order chi connectivity index (χ1) is 8.56. The Labute approximate surface area is 131 Å². The van der Waals surface area contributed by atoms with Crippen LogP contribution in [0.15, 0.2) is 12.1 Å². The smallest absolute Gasteiger partial charge is 0.122 e. The zero-order chi connectivity index (χ0) is 13.3. The van der Waals surface area contributed by atoms with Gasteiger partial charge in [-0.05, 0) is 38.8 Å². The van der Waals surface area contributed by atoms with E-state index in [1.54, 1.807) is 7.11 Å². The molecule has 1 aromatic carbocycles. The Morgan fingerprint density at radius 2 is 2.05 bits per heavy atom. The van der Waals surface area contributed by atoms with Gasteiger partial charge in [-0.25, -0.2) is 0 Å². The van der Waals surface area contributed by atoms with Gasteiger partial charge in [-0.2, -0.15) is 0 Å². The molecule has 4 heteroatoms. The number of fused-ring (bicyclic) bond motifs is 1. The minimum absolute atomic E-state index is 0. The highest BCUT2D eigenvalue weighted by molar-refractivity contribution is 6.31. The number of nitrogens with one attached hydrogen (secondary N) is 1. The maximum absolute atomic E-state index is 6.45. The third kappa shape index (κ3) is 3.26. The van der Waals surface area contributed by atoms with Gasteiger partial charge in [0.05, 0.1) is 25.2 Å². The number of halogens is 2. The second-order valence-corrected chi connectivity index (χ2v) is 5.89. The van der Waals surface area contributed by atoms with E-state index in [1.165, 1.54) is 28.9 Å². The molecule has 2 rings (SSSR count). The summed E-state index contributed by atoms with van der Waals surface area (Å²) in [5, 5.41) is 0.899. The second kappa shape index (κ2) is 6.96. The van der Waals surface area contributed by atoms with Crippen molar-refractivity contribution in [3.8, 4) is 5.75 Å². The highest BCUT2D eigenvalue weighted by atomic mass is 79.9. The average Bonchev–Trinajstić information content (AvgIpc) is 2.37. The maximum Gasteiger partial charge on any atom is 0.122 e. The number of methoxy groups -OCH3 is 1. The van der Waals surface area contributed by atoms with Crippen LogP contribution in [0.25, 0.3) is 0 Å². The molecule has 0 fully saturated rings. The molecule has 2 unspecified atom stereocenters. The fourth-order valence-electron chi connectivity index (χ4n) is 2.93. The summed E-state index contributed by atoms with van der Waals surface area (Å²) >= 11 is 6.45. The Hall–Kier alpha value is -0.250. The van der Waals surface area contributed by atoms with E-state index in [0.717, 1.165) is 17.2 Å². The van der Waals surface area contributed by atoms with Crippen LogP contribution in [0.1, 0.15) is 43.9 Å². The summed E-state index contributed by atoms with van der Waals surface area (Å²) in [5.74, 6) is 0.996. The van der Waals surface area contributed by atoms with Crippen LogP contribution in [0.5, 0.6) is 5.75 Å². The largest absolute Gasteiger partial charge is 1.00 e. The molecule has 1 aromatic rings. The summed E-state index contributed by atoms with van der Waals surface area (Å²) in [4.78, 5) is 1.53. The van der Waals surface area contributed by atoms with Gasteiger partial charge in [0.25, 0.3) is 0 Å². The molecule has 1 aliphatic rings. The van der Waals surface area contributed by atoms with E-state index in [1.807, 2.05) is 12.1 Å². The van der Waals surface area contributed by atoms with Crippen molar-refractivity contribution >= 4 is 11.6 Å². The van der Waals surface area contributed by atoms with E-state index in [4.69, 9.17) is 16.3 Å². The Kier molecular flexibility index (Phi) is 6.15. The molecule has 1 aliphatic carbocycles. The average molecular weight is 349 g/mol. The summed E-state index contributed by atoms with van der Waals surface area (Å²) in [5.41, 5.74) is 2.63. The summed E-state index contributed by atoms with van der Waals surface area (Å²) in [6.45, 7) is 4.52. The normalized spacial score (nSPS) is 19.6. The zero-order valence-electron chi connectivity index (χ0n) is 12.1. The van der Waals surface area contributed by atoms with Gasteiger partial charge in [0.2, 0.25) is 0 Å². The molecule has 19 heavy (non-hydrogen) atoms. The standard InChI is InChI=1S/C15H22ClNO.BrH/c1-10(2)17(3)13-7-5-6-11-14(18-4)9-8-12(16)15(11)13;/h8-10,13H,5-7H2,1-4H3;1H. The minimum atomic E-state index is 0. The van der Waals surface area contributed by atoms with Gasteiger partial charge in [-0.3, -0.25) is 0 Å². The van der Waals surface area contributed by atoms with Crippen molar-refractivity contribution in [1.29, 1.82) is 0 Å². The van der Waals surface area contributed by atoms with E-state index in [9.17, 15) is 0 Å². The molecular formula is C15H23BrClNO. The summed E-state index contributed by atoms with van der Waals surface area (Å²) < 4.78 is 5.49. The van der Waals surface area contributed by atoms with E-state index >= 15 is 0 Å². The molecule has 108 valence electrons. The Balaban J connectivity index is 0.00000180. The van der Waals surface area contributed by atoms with Crippen molar-refractivity contribution in [2.24, 2.45) is 0 Å². The lowest BCUT2D eigenvalue weighted by Gasteiger charge is -2.34. The lowest BCUT2D eigenvalue weighted by molar-refractivity contribution is -0.934. The van der Waals surface area contributed by atoms with Crippen molar-refractivity contribution in [3.05, 3.63) is 28.3 Å². The molecule has 0 spiro atoms. The lowest BCUT2D eigenvalue weighted by atomic mass is 9.85. The fourth-order valence-corrected chi connectivity index (χ4v) is 3.24. The van der Waals surface area contributed by atoms with E-state index < -0.39 is 0 Å². The molecule has 0 saturated heterocycles. The van der Waals surface area contributed by atoms with Gasteiger partial charge in [0.1, 0.15) is 11.8 Å². The van der Waals surface area contributed by atoms with Gasteiger partial charge < -0.3 is 26.6 Å². The molecular weight excluding hydrogens is 326 g/mol. The molecule has 1 N–H and O–H groups in total. The van der Waals surface area contributed by atoms with Crippen molar-refractivity contribution in [3.63, 3.8) is 0 Å². The number of ether oxygens (including phenoxy) is 1. The third-order valence-electron chi connectivity index (χ3n) is 4.21. The van der Waals surface area contributed by atoms with E-state index in [0.29, 0.717) is 12.1 Å². The second-order valence-electron chi connectivity index (χ2n) is 5.49. The number of quaternary nitrogens is 1. The van der Waals surface area contributed by atoms with Gasteiger partial charge in [-0.1, -0.05) is 11.6 Å². The predicted octanol–water partition coefficient (Wildman–Crippen LogP) is -0.347. The Morgan fingerprint density at radius 1 is 1.37 bits per heavy atom. The van der Waals surface area contributed by atoms with Crippen molar-refractivity contribution in [2.45, 2.75) is 45.2 Å². The van der Waals surface area contributed by atoms with Crippen molar-refractivity contribution < 1.29 is 26.6 Å². The van der Waals surface area contributed by atoms with Crippen molar-refractivity contribution in [2.75, 3.05) is 14.2 Å². The molecule has 2 nitrogen and oxygen atoms in total. The van der Waals surface area contributed by atoms with Crippen LogP contribution in [0.3, 0.4) is 0 Å². The zero-order valence-corrected chi connectivity index (χ0v) is 14.4. The summed E-state index contributed by atoms with van der Waals surface area (Å²) in [6.07, 6.45) is 3.52. The van der Waals surface area contributed by atoms with Crippen LogP contribution in [-0.4, -0.2) is 20.2 Å². The third-order valence-corrected chi connectivity index (χ3v) is 4.54. The van der Waals surface area contributed by atoms with Crippen LogP contribution < -0.4 is 26.6 Å². The van der Waals surface area contributed by atoms with E-state index in [2.05, 4.69) is 20.9 Å². The van der Waals surface area contributed by atoms with Crippen LogP contribution in [-0.2, 0) is 6.42 Å². The summed E-state index contributed by atoms with van der Waals surface area (Å²) in [6, 6.07) is 5.07. The first kappa shape index (κ1) is 16.8. The maximum atomic E-state index is 6.45. The van der Waals surface area contributed by atoms with E-state index in [-0.39, 0.29) is 17.0 Å². The molecule has 0 heterocycles. The number of hydrogen-bond donors (Lipinski definition) is 1. The first-order valence-electron chi connectivity index (χ1n) is 6.74. The SMILES string of the molecule is COc1ccc(Cl)c2c1CCCC2[NH+](C)C(C)C.[Br-]. The van der Waals surface area contributed by atoms with Crippen LogP contribution in [0.4, 0.5) is 0 Å². The molecule has 0 bridgehead atoms. The van der Waals surface area contributed by atoms with Crippen LogP contribution in [0.2, 0.25) is 5.02 Å². The van der Waals surface area contributed by atoms with Gasteiger partial charge in [0.15, 0.2) is 0 Å². The van der Waals surface area contributed by atoms with Crippen LogP contribution >= 0.6 is 11.6 Å². The summed E-state index contributed by atoms with van der Waals surface area (Å²) in [7, 11) is 4.01. The molecule has 0 radical (unpaired) electrons. The minimum Gasteiger partial charge on any atom is -1.00 e. The van der Waals surface area contributed by atoms with Crippen molar-refractivity contribution in [1.82, 2.24) is 0 Å².